The van der Waals surface area contributed by atoms with E-state index in [1.807, 2.05) is 0 Å². The highest BCUT2D eigenvalue weighted by molar-refractivity contribution is 7.80. The molecule has 1 fully saturated rings. The molecular formula is C15H21FN2OS. The molecule has 1 saturated heterocycles. The average Bonchev–Trinajstić information content (AvgIpc) is 2.87. The maximum atomic E-state index is 13.7. The van der Waals surface area contributed by atoms with Crippen molar-refractivity contribution in [1.29, 1.82) is 0 Å². The van der Waals surface area contributed by atoms with Crippen LogP contribution in [0.2, 0.25) is 0 Å². The Balaban J connectivity index is 2.07. The molecule has 1 aliphatic rings. The summed E-state index contributed by atoms with van der Waals surface area (Å²) in [5, 5.41) is 0. The minimum atomic E-state index is -0.488. The first kappa shape index (κ1) is 15.3. The van der Waals surface area contributed by atoms with E-state index in [4.69, 9.17) is 0 Å². The van der Waals surface area contributed by atoms with E-state index in [9.17, 15) is 9.18 Å². The molecule has 5 heteroatoms. The Kier molecular flexibility index (Phi) is 5.05. The van der Waals surface area contributed by atoms with E-state index >= 15 is 0 Å². The fourth-order valence-corrected chi connectivity index (χ4v) is 3.00. The normalized spacial score (nSPS) is 19.3. The number of likely N-dealkylation sites (N-methyl/N-ethyl adjacent to an activating group) is 2. The number of benzene rings is 1. The van der Waals surface area contributed by atoms with Crippen molar-refractivity contribution in [3.8, 4) is 0 Å². The highest BCUT2D eigenvalue weighted by Crippen LogP contribution is 2.19. The number of rotatable bonds is 4. The van der Waals surface area contributed by atoms with Crippen molar-refractivity contribution < 1.29 is 9.18 Å². The van der Waals surface area contributed by atoms with Crippen LogP contribution >= 0.6 is 12.6 Å². The second-order valence-electron chi connectivity index (χ2n) is 5.27. The van der Waals surface area contributed by atoms with Crippen molar-refractivity contribution in [3.05, 3.63) is 29.6 Å². The topological polar surface area (TPSA) is 23.6 Å². The maximum Gasteiger partial charge on any atom is 0.256 e. The Bertz CT molecular complexity index is 495. The molecule has 0 N–H and O–H groups in total. The van der Waals surface area contributed by atoms with E-state index in [0.717, 1.165) is 19.5 Å². The Morgan fingerprint density at radius 2 is 2.30 bits per heavy atom. The number of carbonyl (C=O) groups is 1. The molecular weight excluding hydrogens is 275 g/mol. The first-order valence-electron chi connectivity index (χ1n) is 7.01. The van der Waals surface area contributed by atoms with Gasteiger partial charge in [0.2, 0.25) is 0 Å². The molecule has 0 aromatic heterocycles. The van der Waals surface area contributed by atoms with Crippen LogP contribution in [0.4, 0.5) is 4.39 Å². The van der Waals surface area contributed by atoms with Crippen molar-refractivity contribution in [2.75, 3.05) is 26.7 Å². The zero-order valence-electron chi connectivity index (χ0n) is 12.0. The molecule has 0 aliphatic carbocycles. The molecule has 1 aromatic rings. The van der Waals surface area contributed by atoms with Crippen LogP contribution in [0.15, 0.2) is 23.1 Å². The largest absolute Gasteiger partial charge is 0.340 e. The summed E-state index contributed by atoms with van der Waals surface area (Å²) in [6.07, 6.45) is 2.27. The van der Waals surface area contributed by atoms with Crippen LogP contribution < -0.4 is 0 Å². The summed E-state index contributed by atoms with van der Waals surface area (Å²) in [6, 6.07) is 4.71. The quantitative estimate of drug-likeness (QED) is 0.864. The summed E-state index contributed by atoms with van der Waals surface area (Å²) >= 11 is 4.16. The minimum Gasteiger partial charge on any atom is -0.340 e. The zero-order valence-corrected chi connectivity index (χ0v) is 12.9. The molecule has 1 atom stereocenters. The van der Waals surface area contributed by atoms with Gasteiger partial charge in [0.25, 0.3) is 5.91 Å². The maximum absolute atomic E-state index is 13.7. The third kappa shape index (κ3) is 3.33. The third-order valence-corrected chi connectivity index (χ3v) is 4.20. The monoisotopic (exact) mass is 296 g/mol. The highest BCUT2D eigenvalue weighted by atomic mass is 32.1. The molecule has 0 saturated carbocycles. The van der Waals surface area contributed by atoms with E-state index in [1.165, 1.54) is 18.6 Å². The van der Waals surface area contributed by atoms with Crippen molar-refractivity contribution >= 4 is 18.5 Å². The molecule has 20 heavy (non-hydrogen) atoms. The Morgan fingerprint density at radius 3 is 3.00 bits per heavy atom. The van der Waals surface area contributed by atoms with Crippen molar-refractivity contribution in [2.45, 2.75) is 30.7 Å². The number of carbonyl (C=O) groups excluding carboxylic acids is 1. The van der Waals surface area contributed by atoms with E-state index in [1.54, 1.807) is 18.0 Å². The lowest BCUT2D eigenvalue weighted by Gasteiger charge is -2.28. The number of nitrogens with zero attached hydrogens (tertiary/aromatic N) is 2. The molecule has 0 bridgehead atoms. The first-order chi connectivity index (χ1) is 9.52. The molecule has 1 heterocycles. The SMILES string of the molecule is CCN1CCCC1CN(C)C(=O)c1cc(S)ccc1F. The predicted octanol–water partition coefficient (Wildman–Crippen LogP) is 2.67. The molecule has 3 nitrogen and oxygen atoms in total. The van der Waals surface area contributed by atoms with Crippen LogP contribution in [-0.2, 0) is 0 Å². The lowest BCUT2D eigenvalue weighted by molar-refractivity contribution is 0.0749. The molecule has 0 radical (unpaired) electrons. The van der Waals surface area contributed by atoms with Gasteiger partial charge < -0.3 is 4.90 Å². The van der Waals surface area contributed by atoms with Crippen LogP contribution in [0, 0.1) is 5.82 Å². The Morgan fingerprint density at radius 1 is 1.55 bits per heavy atom. The van der Waals surface area contributed by atoms with Gasteiger partial charge in [0.15, 0.2) is 0 Å². The minimum absolute atomic E-state index is 0.0982. The van der Waals surface area contributed by atoms with Crippen LogP contribution in [0.5, 0.6) is 0 Å². The smallest absolute Gasteiger partial charge is 0.256 e. The second-order valence-corrected chi connectivity index (χ2v) is 5.79. The predicted molar refractivity (Wildman–Crippen MR) is 80.9 cm³/mol. The van der Waals surface area contributed by atoms with Gasteiger partial charge in [-0.25, -0.2) is 4.39 Å². The van der Waals surface area contributed by atoms with Crippen LogP contribution in [0.1, 0.15) is 30.1 Å². The molecule has 1 aliphatic heterocycles. The summed E-state index contributed by atoms with van der Waals surface area (Å²) < 4.78 is 13.7. The lowest BCUT2D eigenvalue weighted by atomic mass is 10.1. The third-order valence-electron chi connectivity index (χ3n) is 3.92. The fraction of sp³-hybridized carbons (Fsp3) is 0.533. The first-order valence-corrected chi connectivity index (χ1v) is 7.45. The van der Waals surface area contributed by atoms with Gasteiger partial charge in [-0.05, 0) is 44.1 Å². The van der Waals surface area contributed by atoms with Gasteiger partial charge in [0, 0.05) is 24.5 Å². The summed E-state index contributed by atoms with van der Waals surface area (Å²) in [5.74, 6) is -0.764. The van der Waals surface area contributed by atoms with Gasteiger partial charge in [-0.15, -0.1) is 12.6 Å². The number of hydrogen-bond acceptors (Lipinski definition) is 3. The zero-order chi connectivity index (χ0) is 14.7. The van der Waals surface area contributed by atoms with Crippen molar-refractivity contribution in [2.24, 2.45) is 0 Å². The van der Waals surface area contributed by atoms with Gasteiger partial charge in [-0.3, -0.25) is 9.69 Å². The molecule has 110 valence electrons. The standard InChI is InChI=1S/C15H21FN2OS/c1-3-18-8-4-5-11(18)10-17(2)15(19)13-9-12(20)6-7-14(13)16/h6-7,9,11,20H,3-5,8,10H2,1-2H3. The summed E-state index contributed by atoms with van der Waals surface area (Å²) in [4.78, 5) is 16.9. The van der Waals surface area contributed by atoms with E-state index in [-0.39, 0.29) is 11.5 Å². The number of thiol groups is 1. The number of amides is 1. The van der Waals surface area contributed by atoms with Gasteiger partial charge in [0.1, 0.15) is 5.82 Å². The van der Waals surface area contributed by atoms with E-state index in [2.05, 4.69) is 24.5 Å². The summed E-state index contributed by atoms with van der Waals surface area (Å²) in [6.45, 7) is 4.85. The summed E-state index contributed by atoms with van der Waals surface area (Å²) in [5.41, 5.74) is 0.0982. The molecule has 0 spiro atoms. The Labute approximate surface area is 125 Å². The van der Waals surface area contributed by atoms with Crippen LogP contribution in [0.3, 0.4) is 0 Å². The van der Waals surface area contributed by atoms with E-state index in [0.29, 0.717) is 17.5 Å². The average molecular weight is 296 g/mol. The summed E-state index contributed by atoms with van der Waals surface area (Å²) in [7, 11) is 1.74. The van der Waals surface area contributed by atoms with Crippen molar-refractivity contribution in [3.63, 3.8) is 0 Å². The van der Waals surface area contributed by atoms with Gasteiger partial charge in [0.05, 0.1) is 5.56 Å². The van der Waals surface area contributed by atoms with Gasteiger partial charge in [-0.2, -0.15) is 0 Å². The number of likely N-dealkylation sites (tertiary alicyclic amines) is 1. The molecule has 1 amide bonds. The fourth-order valence-electron chi connectivity index (χ4n) is 2.80. The van der Waals surface area contributed by atoms with Gasteiger partial charge in [-0.1, -0.05) is 6.92 Å². The van der Waals surface area contributed by atoms with Crippen LogP contribution in [0.25, 0.3) is 0 Å². The second kappa shape index (κ2) is 6.59. The molecule has 1 aromatic carbocycles. The molecule has 1 unspecified atom stereocenters. The van der Waals surface area contributed by atoms with Crippen molar-refractivity contribution in [1.82, 2.24) is 9.80 Å². The number of hydrogen-bond donors (Lipinski definition) is 1. The molecule has 2 rings (SSSR count). The van der Waals surface area contributed by atoms with E-state index < -0.39 is 5.82 Å². The highest BCUT2D eigenvalue weighted by Gasteiger charge is 2.26. The van der Waals surface area contributed by atoms with Crippen LogP contribution in [-0.4, -0.2) is 48.4 Å². The lowest BCUT2D eigenvalue weighted by Crippen LogP contribution is -2.41. The Hall–Kier alpha value is -1.07. The van der Waals surface area contributed by atoms with Gasteiger partial charge >= 0.3 is 0 Å². The number of halogens is 1.